The average molecular weight is 451 g/mol. The van der Waals surface area contributed by atoms with Crippen molar-refractivity contribution in [3.8, 4) is 11.5 Å². The predicted molar refractivity (Wildman–Crippen MR) is 116 cm³/mol. The van der Waals surface area contributed by atoms with Crippen LogP contribution in [0.5, 0.6) is 11.5 Å². The molecule has 9 heteroatoms. The molecule has 0 unspecified atom stereocenters. The predicted octanol–water partition coefficient (Wildman–Crippen LogP) is 3.34. The third-order valence-corrected chi connectivity index (χ3v) is 6.98. The summed E-state index contributed by atoms with van der Waals surface area (Å²) < 4.78 is 53.2. The zero-order valence-electron chi connectivity index (χ0n) is 17.9. The number of Topliss-reactive ketones (excluding diaryl/α,β-unsaturated/α-hetero) is 1. The Hall–Kier alpha value is -2.65. The summed E-state index contributed by atoms with van der Waals surface area (Å²) in [6.07, 6.45) is 0. The molecule has 0 radical (unpaired) electrons. The Balaban J connectivity index is 1.75. The van der Waals surface area contributed by atoms with E-state index in [0.29, 0.717) is 49.1 Å². The van der Waals surface area contributed by atoms with Gasteiger partial charge in [-0.2, -0.15) is 4.31 Å². The van der Waals surface area contributed by atoms with E-state index in [1.54, 1.807) is 23.1 Å². The summed E-state index contributed by atoms with van der Waals surface area (Å²) in [5.41, 5.74) is 0.671. The molecule has 2 aromatic carbocycles. The average Bonchev–Trinajstić information content (AvgIpc) is 2.75. The monoisotopic (exact) mass is 450 g/mol. The molecule has 2 aromatic rings. The smallest absolute Gasteiger partial charge is 0.243 e. The number of anilines is 1. The molecule has 0 aliphatic carbocycles. The van der Waals surface area contributed by atoms with Crippen molar-refractivity contribution in [3.63, 3.8) is 0 Å². The van der Waals surface area contributed by atoms with Gasteiger partial charge in [-0.1, -0.05) is 0 Å². The van der Waals surface area contributed by atoms with E-state index in [9.17, 15) is 17.6 Å². The third kappa shape index (κ3) is 4.99. The highest BCUT2D eigenvalue weighted by molar-refractivity contribution is 7.89. The Morgan fingerprint density at radius 3 is 2.19 bits per heavy atom. The lowest BCUT2D eigenvalue weighted by Crippen LogP contribution is -2.48. The van der Waals surface area contributed by atoms with Crippen LogP contribution in [0.15, 0.2) is 41.3 Å². The summed E-state index contributed by atoms with van der Waals surface area (Å²) in [5, 5.41) is 0. The first-order valence-corrected chi connectivity index (χ1v) is 11.7. The van der Waals surface area contributed by atoms with E-state index < -0.39 is 15.8 Å². The van der Waals surface area contributed by atoms with Gasteiger partial charge < -0.3 is 14.4 Å². The number of hydrogen-bond acceptors (Lipinski definition) is 6. The van der Waals surface area contributed by atoms with E-state index in [2.05, 4.69) is 0 Å². The van der Waals surface area contributed by atoms with Gasteiger partial charge in [0.2, 0.25) is 10.0 Å². The van der Waals surface area contributed by atoms with Crippen molar-refractivity contribution in [3.05, 3.63) is 47.8 Å². The van der Waals surface area contributed by atoms with Crippen molar-refractivity contribution in [1.82, 2.24) is 4.31 Å². The number of ether oxygens (including phenoxy) is 2. The SMILES string of the molecule is CCOc1ccc(S(=O)(=O)N2CCN(c3ccc(C(C)=O)cc3F)CC2)cc1OCC. The molecule has 7 nitrogen and oxygen atoms in total. The number of ketones is 1. The molecule has 3 rings (SSSR count). The fraction of sp³-hybridized carbons (Fsp3) is 0.409. The molecule has 0 bridgehead atoms. The zero-order valence-corrected chi connectivity index (χ0v) is 18.7. The number of halogens is 1. The normalized spacial score (nSPS) is 15.0. The molecule has 0 saturated carbocycles. The van der Waals surface area contributed by atoms with Crippen LogP contribution < -0.4 is 14.4 Å². The van der Waals surface area contributed by atoms with Crippen LogP contribution >= 0.6 is 0 Å². The maximum absolute atomic E-state index is 14.5. The van der Waals surface area contributed by atoms with Crippen LogP contribution in [0.25, 0.3) is 0 Å². The Bertz CT molecular complexity index is 1050. The minimum atomic E-state index is -3.74. The van der Waals surface area contributed by atoms with E-state index in [4.69, 9.17) is 9.47 Å². The molecular formula is C22H27FN2O5S. The van der Waals surface area contributed by atoms with Crippen LogP contribution in [-0.4, -0.2) is 57.9 Å². The molecular weight excluding hydrogens is 423 g/mol. The number of piperazine rings is 1. The molecule has 168 valence electrons. The van der Waals surface area contributed by atoms with Gasteiger partial charge in [0.15, 0.2) is 17.3 Å². The van der Waals surface area contributed by atoms with Crippen LogP contribution in [0, 0.1) is 5.82 Å². The molecule has 0 amide bonds. The molecule has 31 heavy (non-hydrogen) atoms. The van der Waals surface area contributed by atoms with Gasteiger partial charge in [-0.25, -0.2) is 12.8 Å². The number of carbonyl (C=O) groups is 1. The van der Waals surface area contributed by atoms with Gasteiger partial charge >= 0.3 is 0 Å². The Morgan fingerprint density at radius 1 is 0.968 bits per heavy atom. The number of rotatable bonds is 8. The Morgan fingerprint density at radius 2 is 1.61 bits per heavy atom. The molecule has 1 fully saturated rings. The number of hydrogen-bond donors (Lipinski definition) is 0. The van der Waals surface area contributed by atoms with Gasteiger partial charge in [0.25, 0.3) is 0 Å². The fourth-order valence-electron chi connectivity index (χ4n) is 3.49. The van der Waals surface area contributed by atoms with Crippen LogP contribution in [0.4, 0.5) is 10.1 Å². The van der Waals surface area contributed by atoms with Gasteiger partial charge in [0.05, 0.1) is 23.8 Å². The van der Waals surface area contributed by atoms with Crippen LogP contribution in [0.2, 0.25) is 0 Å². The highest BCUT2D eigenvalue weighted by atomic mass is 32.2. The first-order chi connectivity index (χ1) is 14.8. The molecule has 0 N–H and O–H groups in total. The lowest BCUT2D eigenvalue weighted by molar-refractivity contribution is 0.101. The summed E-state index contributed by atoms with van der Waals surface area (Å²) in [6, 6.07) is 8.96. The summed E-state index contributed by atoms with van der Waals surface area (Å²) in [4.78, 5) is 13.3. The molecule has 0 aromatic heterocycles. The first-order valence-electron chi connectivity index (χ1n) is 10.2. The summed E-state index contributed by atoms with van der Waals surface area (Å²) in [7, 11) is -3.74. The van der Waals surface area contributed by atoms with E-state index in [1.807, 2.05) is 13.8 Å². The third-order valence-electron chi connectivity index (χ3n) is 5.09. The molecule has 0 spiro atoms. The van der Waals surface area contributed by atoms with Crippen molar-refractivity contribution in [2.24, 2.45) is 0 Å². The highest BCUT2D eigenvalue weighted by Gasteiger charge is 2.30. The standard InChI is InChI=1S/C22H27FN2O5S/c1-4-29-21-9-7-18(15-22(21)30-5-2)31(27,28)25-12-10-24(11-13-25)20-8-6-17(16(3)26)14-19(20)23/h6-9,14-15H,4-5,10-13H2,1-3H3. The lowest BCUT2D eigenvalue weighted by atomic mass is 10.1. The van der Waals surface area contributed by atoms with Gasteiger partial charge in [-0.3, -0.25) is 4.79 Å². The summed E-state index contributed by atoms with van der Waals surface area (Å²) in [5.74, 6) is 0.189. The zero-order chi connectivity index (χ0) is 22.6. The van der Waals surface area contributed by atoms with E-state index >= 15 is 0 Å². The number of benzene rings is 2. The van der Waals surface area contributed by atoms with E-state index in [0.717, 1.165) is 0 Å². The maximum Gasteiger partial charge on any atom is 0.243 e. The van der Waals surface area contributed by atoms with Crippen LogP contribution in [0.1, 0.15) is 31.1 Å². The topological polar surface area (TPSA) is 76.2 Å². The molecule has 1 saturated heterocycles. The fourth-order valence-corrected chi connectivity index (χ4v) is 4.93. The van der Waals surface area contributed by atoms with Crippen molar-refractivity contribution in [2.75, 3.05) is 44.3 Å². The molecule has 1 aliphatic heterocycles. The van der Waals surface area contributed by atoms with Crippen molar-refractivity contribution in [2.45, 2.75) is 25.7 Å². The first kappa shape index (κ1) is 23.0. The largest absolute Gasteiger partial charge is 0.490 e. The quantitative estimate of drug-likeness (QED) is 0.574. The van der Waals surface area contributed by atoms with Gasteiger partial charge in [-0.05, 0) is 51.1 Å². The summed E-state index contributed by atoms with van der Waals surface area (Å²) >= 11 is 0. The minimum absolute atomic E-state index is 0.129. The number of carbonyl (C=O) groups excluding carboxylic acids is 1. The second kappa shape index (κ2) is 9.65. The molecule has 0 atom stereocenters. The minimum Gasteiger partial charge on any atom is -0.490 e. The lowest BCUT2D eigenvalue weighted by Gasteiger charge is -2.35. The molecule has 1 aliphatic rings. The van der Waals surface area contributed by atoms with Crippen LogP contribution in [-0.2, 0) is 10.0 Å². The second-order valence-electron chi connectivity index (χ2n) is 7.09. The second-order valence-corrected chi connectivity index (χ2v) is 9.03. The number of nitrogens with zero attached hydrogens (tertiary/aromatic N) is 2. The van der Waals surface area contributed by atoms with Crippen molar-refractivity contribution in [1.29, 1.82) is 0 Å². The molecule has 1 heterocycles. The van der Waals surface area contributed by atoms with Crippen molar-refractivity contribution >= 4 is 21.5 Å². The van der Waals surface area contributed by atoms with Crippen molar-refractivity contribution < 1.29 is 27.1 Å². The van der Waals surface area contributed by atoms with Gasteiger partial charge in [0.1, 0.15) is 5.82 Å². The number of sulfonamides is 1. The van der Waals surface area contributed by atoms with Crippen LogP contribution in [0.3, 0.4) is 0 Å². The highest BCUT2D eigenvalue weighted by Crippen LogP contribution is 2.32. The van der Waals surface area contributed by atoms with Gasteiger partial charge in [0, 0.05) is 37.8 Å². The summed E-state index contributed by atoms with van der Waals surface area (Å²) in [6.45, 7) is 6.98. The van der Waals surface area contributed by atoms with E-state index in [1.165, 1.54) is 29.4 Å². The Kier molecular flexibility index (Phi) is 7.17. The maximum atomic E-state index is 14.5. The van der Waals surface area contributed by atoms with E-state index in [-0.39, 0.29) is 23.8 Å². The van der Waals surface area contributed by atoms with Gasteiger partial charge in [-0.15, -0.1) is 0 Å². The Labute approximate surface area is 182 Å².